The van der Waals surface area contributed by atoms with Gasteiger partial charge < -0.3 is 20.7 Å². The lowest BCUT2D eigenvalue weighted by Crippen LogP contribution is -2.39. The zero-order valence-corrected chi connectivity index (χ0v) is 17.8. The molecule has 0 spiro atoms. The Balaban J connectivity index is 0.00000625. The van der Waals surface area contributed by atoms with Crippen LogP contribution in [0.5, 0.6) is 0 Å². The lowest BCUT2D eigenvalue weighted by Gasteiger charge is -2.19. The maximum absolute atomic E-state index is 13.6. The van der Waals surface area contributed by atoms with Crippen molar-refractivity contribution in [3.63, 3.8) is 0 Å². The van der Waals surface area contributed by atoms with Crippen LogP contribution in [0.25, 0.3) is 0 Å². The number of halogens is 3. The molecule has 6 nitrogen and oxygen atoms in total. The number of ether oxygens (including phenoxy) is 1. The van der Waals surface area contributed by atoms with Crippen LogP contribution in [-0.2, 0) is 11.3 Å². The maximum atomic E-state index is 13.6. The summed E-state index contributed by atoms with van der Waals surface area (Å²) in [5.74, 6) is -0.513. The van der Waals surface area contributed by atoms with Crippen molar-refractivity contribution >= 4 is 36.0 Å². The first-order valence-corrected chi connectivity index (χ1v) is 8.06. The molecule has 0 heterocycles. The number of rotatable bonds is 6. The van der Waals surface area contributed by atoms with Crippen molar-refractivity contribution in [1.29, 1.82) is 0 Å². The summed E-state index contributed by atoms with van der Waals surface area (Å²) in [5.41, 5.74) is -0.310. The van der Waals surface area contributed by atoms with E-state index >= 15 is 0 Å². The number of hydrogen-bond acceptors (Lipinski definition) is 3. The van der Waals surface area contributed by atoms with E-state index in [4.69, 9.17) is 4.74 Å². The van der Waals surface area contributed by atoms with E-state index < -0.39 is 23.3 Å². The molecule has 1 aromatic carbocycles. The molecule has 0 aromatic heterocycles. The van der Waals surface area contributed by atoms with Gasteiger partial charge in [0.25, 0.3) is 0 Å². The molecule has 26 heavy (non-hydrogen) atoms. The Morgan fingerprint density at radius 1 is 1.15 bits per heavy atom. The molecular weight excluding hydrogens is 457 g/mol. The van der Waals surface area contributed by atoms with E-state index in [9.17, 15) is 13.6 Å². The minimum atomic E-state index is -0.527. The van der Waals surface area contributed by atoms with E-state index in [0.29, 0.717) is 25.5 Å². The van der Waals surface area contributed by atoms with Gasteiger partial charge in [0, 0.05) is 32.2 Å². The minimum Gasteiger partial charge on any atom is -0.444 e. The number of alkyl carbamates (subject to hydrolysis) is 1. The van der Waals surface area contributed by atoms with Gasteiger partial charge in [-0.05, 0) is 45.4 Å². The molecule has 0 aliphatic rings. The molecule has 0 radical (unpaired) electrons. The molecule has 0 fully saturated rings. The summed E-state index contributed by atoms with van der Waals surface area (Å²) in [6.07, 6.45) is 0.186. The first kappa shape index (κ1) is 24.4. The topological polar surface area (TPSA) is 74.8 Å². The summed E-state index contributed by atoms with van der Waals surface area (Å²) < 4.78 is 31.8. The van der Waals surface area contributed by atoms with Gasteiger partial charge in [-0.2, -0.15) is 0 Å². The number of nitrogens with zero attached hydrogens (tertiary/aromatic N) is 1. The van der Waals surface area contributed by atoms with Crippen LogP contribution in [0.1, 0.15) is 32.8 Å². The first-order chi connectivity index (χ1) is 11.7. The quantitative estimate of drug-likeness (QED) is 0.251. The van der Waals surface area contributed by atoms with Gasteiger partial charge in [0.2, 0.25) is 0 Å². The lowest BCUT2D eigenvalue weighted by molar-refractivity contribution is 0.0527. The molecule has 1 rings (SSSR count). The third-order valence-electron chi connectivity index (χ3n) is 2.99. The van der Waals surface area contributed by atoms with Crippen molar-refractivity contribution in [1.82, 2.24) is 16.0 Å². The molecule has 0 aliphatic heterocycles. The van der Waals surface area contributed by atoms with Gasteiger partial charge in [-0.3, -0.25) is 4.99 Å². The van der Waals surface area contributed by atoms with Crippen molar-refractivity contribution in [3.8, 4) is 0 Å². The fourth-order valence-corrected chi connectivity index (χ4v) is 1.88. The minimum absolute atomic E-state index is 0. The second kappa shape index (κ2) is 11.9. The maximum Gasteiger partial charge on any atom is 0.407 e. The van der Waals surface area contributed by atoms with Crippen molar-refractivity contribution in [2.45, 2.75) is 39.3 Å². The number of nitrogens with one attached hydrogen (secondary N) is 3. The number of aliphatic imine (C=N–C) groups is 1. The Morgan fingerprint density at radius 2 is 1.81 bits per heavy atom. The second-order valence-corrected chi connectivity index (χ2v) is 6.37. The van der Waals surface area contributed by atoms with Crippen LogP contribution in [0.2, 0.25) is 0 Å². The first-order valence-electron chi connectivity index (χ1n) is 8.06. The molecule has 9 heteroatoms. The van der Waals surface area contributed by atoms with Crippen molar-refractivity contribution in [2.75, 3.05) is 20.1 Å². The Morgan fingerprint density at radius 3 is 2.42 bits per heavy atom. The molecule has 148 valence electrons. The number of guanidine groups is 1. The van der Waals surface area contributed by atoms with E-state index in [1.165, 1.54) is 0 Å². The zero-order chi connectivity index (χ0) is 18.9. The highest BCUT2D eigenvalue weighted by Crippen LogP contribution is 2.09. The molecule has 1 aromatic rings. The Labute approximate surface area is 170 Å². The number of hydrogen-bond donors (Lipinski definition) is 3. The summed E-state index contributed by atoms with van der Waals surface area (Å²) in [6, 6.07) is 3.30. The van der Waals surface area contributed by atoms with E-state index in [-0.39, 0.29) is 36.1 Å². The predicted molar refractivity (Wildman–Crippen MR) is 109 cm³/mol. The van der Waals surface area contributed by atoms with Gasteiger partial charge >= 0.3 is 6.09 Å². The Hall–Kier alpha value is -1.65. The van der Waals surface area contributed by atoms with Crippen LogP contribution in [0, 0.1) is 11.6 Å². The fraction of sp³-hybridized carbons (Fsp3) is 0.529. The van der Waals surface area contributed by atoms with Gasteiger partial charge in [-0.25, -0.2) is 13.6 Å². The Bertz CT molecular complexity index is 607. The molecule has 3 N–H and O–H groups in total. The third kappa shape index (κ3) is 10.4. The van der Waals surface area contributed by atoms with E-state index in [1.807, 2.05) is 0 Å². The number of amides is 1. The van der Waals surface area contributed by atoms with E-state index in [2.05, 4.69) is 20.9 Å². The summed E-state index contributed by atoms with van der Waals surface area (Å²) in [5, 5.41) is 8.58. The highest BCUT2D eigenvalue weighted by atomic mass is 127. The SMILES string of the molecule is CN=C(NCCCNC(=O)OC(C)(C)C)NCc1cc(F)ccc1F.I. The highest BCUT2D eigenvalue weighted by Gasteiger charge is 2.15. The molecule has 0 saturated carbocycles. The lowest BCUT2D eigenvalue weighted by atomic mass is 10.2. The van der Waals surface area contributed by atoms with Crippen LogP contribution >= 0.6 is 24.0 Å². The van der Waals surface area contributed by atoms with Gasteiger partial charge in [0.15, 0.2) is 5.96 Å². The second-order valence-electron chi connectivity index (χ2n) is 6.37. The van der Waals surface area contributed by atoms with Crippen LogP contribution in [0.15, 0.2) is 23.2 Å². The van der Waals surface area contributed by atoms with E-state index in [0.717, 1.165) is 18.2 Å². The standard InChI is InChI=1S/C17H26F2N4O2.HI/c1-17(2,3)25-16(24)22-9-5-8-21-15(20-4)23-11-12-10-13(18)6-7-14(12)19;/h6-7,10H,5,8-9,11H2,1-4H3,(H,22,24)(H2,20,21,23);1H. The molecule has 0 atom stereocenters. The highest BCUT2D eigenvalue weighted by molar-refractivity contribution is 14.0. The van der Waals surface area contributed by atoms with Gasteiger partial charge in [-0.15, -0.1) is 24.0 Å². The molecule has 0 bridgehead atoms. The van der Waals surface area contributed by atoms with Crippen molar-refractivity contribution in [2.24, 2.45) is 4.99 Å². The number of carbonyl (C=O) groups is 1. The fourth-order valence-electron chi connectivity index (χ4n) is 1.88. The number of carbonyl (C=O) groups excluding carboxylic acids is 1. The normalized spacial score (nSPS) is 11.4. The predicted octanol–water partition coefficient (Wildman–Crippen LogP) is 3.16. The van der Waals surface area contributed by atoms with Crippen LogP contribution in [0.3, 0.4) is 0 Å². The summed E-state index contributed by atoms with van der Waals surface area (Å²) in [6.45, 7) is 6.49. The van der Waals surface area contributed by atoms with Crippen LogP contribution < -0.4 is 16.0 Å². The van der Waals surface area contributed by atoms with Gasteiger partial charge in [0.1, 0.15) is 17.2 Å². The molecule has 1 amide bonds. The van der Waals surface area contributed by atoms with Crippen molar-refractivity contribution in [3.05, 3.63) is 35.4 Å². The average molecular weight is 484 g/mol. The molecule has 0 unspecified atom stereocenters. The van der Waals surface area contributed by atoms with E-state index in [1.54, 1.807) is 27.8 Å². The monoisotopic (exact) mass is 484 g/mol. The van der Waals surface area contributed by atoms with Gasteiger partial charge in [0.05, 0.1) is 0 Å². The van der Waals surface area contributed by atoms with Gasteiger partial charge in [-0.1, -0.05) is 0 Å². The smallest absolute Gasteiger partial charge is 0.407 e. The van der Waals surface area contributed by atoms with Crippen LogP contribution in [-0.4, -0.2) is 37.8 Å². The molecule has 0 aliphatic carbocycles. The summed E-state index contributed by atoms with van der Waals surface area (Å²) >= 11 is 0. The molecular formula is C17H27F2IN4O2. The third-order valence-corrected chi connectivity index (χ3v) is 2.99. The van der Waals surface area contributed by atoms with Crippen molar-refractivity contribution < 1.29 is 18.3 Å². The average Bonchev–Trinajstić information content (AvgIpc) is 2.51. The molecule has 0 saturated heterocycles. The summed E-state index contributed by atoms with van der Waals surface area (Å²) in [4.78, 5) is 15.5. The Kier molecular flexibility index (Phi) is 11.1. The van der Waals surface area contributed by atoms with Crippen LogP contribution in [0.4, 0.5) is 13.6 Å². The largest absolute Gasteiger partial charge is 0.444 e. The zero-order valence-electron chi connectivity index (χ0n) is 15.5. The number of benzene rings is 1. The summed E-state index contributed by atoms with van der Waals surface area (Å²) in [7, 11) is 1.58.